The maximum atomic E-state index is 12.1. The minimum Gasteiger partial charge on any atom is -0.462 e. The van der Waals surface area contributed by atoms with Gasteiger partial charge in [0.25, 0.3) is 0 Å². The number of rotatable bonds is 2. The summed E-state index contributed by atoms with van der Waals surface area (Å²) in [6.45, 7) is 5.62. The molecule has 118 valence electrons. The molecule has 4 nitrogen and oxygen atoms in total. The molecule has 0 amide bonds. The third kappa shape index (κ3) is 2.52. The van der Waals surface area contributed by atoms with E-state index in [9.17, 15) is 14.7 Å². The Balaban J connectivity index is 1.70. The summed E-state index contributed by atoms with van der Waals surface area (Å²) in [5.41, 5.74) is -1.62. The Kier molecular flexibility index (Phi) is 3.43. The summed E-state index contributed by atoms with van der Waals surface area (Å²) in [5.74, 6) is 1.75. The summed E-state index contributed by atoms with van der Waals surface area (Å²) in [6, 6.07) is 0. The topological polar surface area (TPSA) is 63.6 Å². The van der Waals surface area contributed by atoms with Crippen molar-refractivity contribution in [1.29, 1.82) is 0 Å². The van der Waals surface area contributed by atoms with Crippen LogP contribution in [0.4, 0.5) is 0 Å². The first-order valence-electron chi connectivity index (χ1n) is 8.13. The second-order valence-electron chi connectivity index (χ2n) is 8.38. The average molecular weight is 294 g/mol. The van der Waals surface area contributed by atoms with E-state index in [2.05, 4.69) is 0 Å². The Morgan fingerprint density at radius 1 is 1.24 bits per heavy atom. The predicted octanol–water partition coefficient (Wildman–Crippen LogP) is 2.33. The molecule has 6 atom stereocenters. The molecular formula is C17H26O4. The van der Waals surface area contributed by atoms with Crippen molar-refractivity contribution in [2.45, 2.75) is 64.6 Å². The summed E-state index contributed by atoms with van der Waals surface area (Å²) in [4.78, 5) is 23.2. The third-order valence-corrected chi connectivity index (χ3v) is 5.88. The second kappa shape index (κ2) is 4.80. The van der Waals surface area contributed by atoms with Crippen LogP contribution >= 0.6 is 0 Å². The van der Waals surface area contributed by atoms with Crippen LogP contribution in [0, 0.1) is 29.1 Å². The van der Waals surface area contributed by atoms with Gasteiger partial charge in [-0.05, 0) is 76.5 Å². The number of ether oxygens (including phenoxy) is 1. The maximum Gasteiger partial charge on any atom is 0.311 e. The van der Waals surface area contributed by atoms with E-state index in [0.29, 0.717) is 42.8 Å². The lowest BCUT2D eigenvalue weighted by Gasteiger charge is -2.43. The lowest BCUT2D eigenvalue weighted by molar-refractivity contribution is -0.165. The number of aldehydes is 1. The molecule has 0 aliphatic heterocycles. The molecule has 0 aromatic heterocycles. The number of hydrogen-bond donors (Lipinski definition) is 1. The van der Waals surface area contributed by atoms with E-state index in [0.717, 1.165) is 19.3 Å². The molecule has 4 heteroatoms. The van der Waals surface area contributed by atoms with Crippen LogP contribution in [0.15, 0.2) is 0 Å². The molecule has 0 saturated heterocycles. The molecule has 0 radical (unpaired) electrons. The molecule has 3 saturated carbocycles. The van der Waals surface area contributed by atoms with E-state index < -0.39 is 11.0 Å². The SMILES string of the molecule is CC(C)(C)C(=O)OC1CC2CC1C1CC(O)(C=O)CCC21. The summed E-state index contributed by atoms with van der Waals surface area (Å²) >= 11 is 0. The molecule has 3 fully saturated rings. The van der Waals surface area contributed by atoms with Crippen molar-refractivity contribution in [3.05, 3.63) is 0 Å². The number of carbonyl (C=O) groups is 2. The van der Waals surface area contributed by atoms with E-state index in [-0.39, 0.29) is 12.1 Å². The van der Waals surface area contributed by atoms with Gasteiger partial charge in [-0.2, -0.15) is 0 Å². The molecule has 3 aliphatic rings. The van der Waals surface area contributed by atoms with Crippen molar-refractivity contribution in [3.63, 3.8) is 0 Å². The van der Waals surface area contributed by atoms with Gasteiger partial charge < -0.3 is 14.6 Å². The predicted molar refractivity (Wildman–Crippen MR) is 77.4 cm³/mol. The van der Waals surface area contributed by atoms with Gasteiger partial charge in [-0.25, -0.2) is 0 Å². The van der Waals surface area contributed by atoms with Crippen molar-refractivity contribution in [3.8, 4) is 0 Å². The molecule has 0 aromatic carbocycles. The minimum atomic E-state index is -1.15. The largest absolute Gasteiger partial charge is 0.462 e. The highest BCUT2D eigenvalue weighted by Crippen LogP contribution is 2.59. The zero-order chi connectivity index (χ0) is 15.4. The highest BCUT2D eigenvalue weighted by Gasteiger charge is 2.57. The fourth-order valence-corrected chi connectivity index (χ4v) is 4.77. The first-order valence-corrected chi connectivity index (χ1v) is 8.13. The quantitative estimate of drug-likeness (QED) is 0.627. The van der Waals surface area contributed by atoms with Gasteiger partial charge in [-0.1, -0.05) is 0 Å². The van der Waals surface area contributed by atoms with Gasteiger partial charge in [0.05, 0.1) is 5.41 Å². The van der Waals surface area contributed by atoms with Crippen LogP contribution < -0.4 is 0 Å². The Bertz CT molecular complexity index is 452. The number of fused-ring (bicyclic) bond motifs is 5. The summed E-state index contributed by atoms with van der Waals surface area (Å²) in [7, 11) is 0. The lowest BCUT2D eigenvalue weighted by Crippen LogP contribution is -2.46. The zero-order valence-corrected chi connectivity index (χ0v) is 13.2. The first kappa shape index (κ1) is 15.0. The second-order valence-corrected chi connectivity index (χ2v) is 8.38. The van der Waals surface area contributed by atoms with Gasteiger partial charge in [-0.3, -0.25) is 4.79 Å². The highest BCUT2D eigenvalue weighted by atomic mass is 16.5. The Hall–Kier alpha value is -0.900. The zero-order valence-electron chi connectivity index (χ0n) is 13.2. The standard InChI is InChI=1S/C17H26O4/c1-16(2,3)15(19)21-14-7-10-6-12(14)13-8-17(20,9-18)5-4-11(10)13/h9-14,20H,4-8H2,1-3H3. The van der Waals surface area contributed by atoms with Crippen LogP contribution in [0.1, 0.15) is 52.9 Å². The number of aliphatic hydroxyl groups is 1. The molecule has 3 rings (SSSR count). The van der Waals surface area contributed by atoms with Gasteiger partial charge in [0.2, 0.25) is 0 Å². The smallest absolute Gasteiger partial charge is 0.311 e. The monoisotopic (exact) mass is 294 g/mol. The van der Waals surface area contributed by atoms with Crippen LogP contribution in [0.25, 0.3) is 0 Å². The maximum absolute atomic E-state index is 12.1. The molecule has 3 aliphatic carbocycles. The van der Waals surface area contributed by atoms with Gasteiger partial charge in [0, 0.05) is 0 Å². The fraction of sp³-hybridized carbons (Fsp3) is 0.882. The van der Waals surface area contributed by atoms with E-state index >= 15 is 0 Å². The molecule has 0 aromatic rings. The van der Waals surface area contributed by atoms with Crippen LogP contribution in [0.3, 0.4) is 0 Å². The van der Waals surface area contributed by atoms with Crippen LogP contribution in [-0.4, -0.2) is 29.1 Å². The summed E-state index contributed by atoms with van der Waals surface area (Å²) < 4.78 is 5.75. The molecular weight excluding hydrogens is 268 g/mol. The van der Waals surface area contributed by atoms with Gasteiger partial charge in [-0.15, -0.1) is 0 Å². The Morgan fingerprint density at radius 2 is 1.95 bits per heavy atom. The first-order chi connectivity index (χ1) is 9.73. The van der Waals surface area contributed by atoms with E-state index in [1.54, 1.807) is 0 Å². The van der Waals surface area contributed by atoms with E-state index in [1.165, 1.54) is 0 Å². The van der Waals surface area contributed by atoms with E-state index in [4.69, 9.17) is 4.74 Å². The molecule has 21 heavy (non-hydrogen) atoms. The molecule has 1 N–H and O–H groups in total. The van der Waals surface area contributed by atoms with Gasteiger partial charge in [0.15, 0.2) is 6.29 Å². The van der Waals surface area contributed by atoms with Gasteiger partial charge in [0.1, 0.15) is 11.7 Å². The minimum absolute atomic E-state index is 0.0167. The highest BCUT2D eigenvalue weighted by molar-refractivity contribution is 5.75. The van der Waals surface area contributed by atoms with Crippen LogP contribution in [0.2, 0.25) is 0 Å². The molecule has 0 spiro atoms. The molecule has 6 unspecified atom stereocenters. The van der Waals surface area contributed by atoms with E-state index in [1.807, 2.05) is 20.8 Å². The van der Waals surface area contributed by atoms with Crippen molar-refractivity contribution in [2.75, 3.05) is 0 Å². The lowest BCUT2D eigenvalue weighted by atomic mass is 9.65. The normalized spacial score (nSPS) is 45.2. The van der Waals surface area contributed by atoms with Crippen molar-refractivity contribution < 1.29 is 19.4 Å². The average Bonchev–Trinajstić information content (AvgIpc) is 2.95. The number of esters is 1. The molecule has 2 bridgehead atoms. The van der Waals surface area contributed by atoms with Crippen LogP contribution in [0.5, 0.6) is 0 Å². The van der Waals surface area contributed by atoms with Crippen molar-refractivity contribution in [2.24, 2.45) is 29.1 Å². The number of hydrogen-bond acceptors (Lipinski definition) is 4. The number of carbonyl (C=O) groups excluding carboxylic acids is 2. The van der Waals surface area contributed by atoms with Gasteiger partial charge >= 0.3 is 5.97 Å². The Labute approximate surface area is 126 Å². The Morgan fingerprint density at radius 3 is 2.57 bits per heavy atom. The summed E-state index contributed by atoms with van der Waals surface area (Å²) in [5, 5.41) is 10.3. The van der Waals surface area contributed by atoms with Crippen molar-refractivity contribution >= 4 is 12.3 Å². The fourth-order valence-electron chi connectivity index (χ4n) is 4.77. The third-order valence-electron chi connectivity index (χ3n) is 5.88. The van der Waals surface area contributed by atoms with Crippen molar-refractivity contribution in [1.82, 2.24) is 0 Å². The molecule has 0 heterocycles. The van der Waals surface area contributed by atoms with Crippen LogP contribution in [-0.2, 0) is 14.3 Å². The summed E-state index contributed by atoms with van der Waals surface area (Å²) in [6.07, 6.45) is 4.82.